The number of hydrogen-bond donors (Lipinski definition) is 2. The van der Waals surface area contributed by atoms with E-state index in [2.05, 4.69) is 10.6 Å². The van der Waals surface area contributed by atoms with Crippen LogP contribution < -0.4 is 10.6 Å². The van der Waals surface area contributed by atoms with Gasteiger partial charge < -0.3 is 19.9 Å². The van der Waals surface area contributed by atoms with E-state index in [0.717, 1.165) is 49.9 Å². The lowest BCUT2D eigenvalue weighted by molar-refractivity contribution is -0.384. The molecule has 9 nitrogen and oxygen atoms in total. The predicted octanol–water partition coefficient (Wildman–Crippen LogP) is 4.95. The predicted molar refractivity (Wildman–Crippen MR) is 138 cm³/mol. The van der Waals surface area contributed by atoms with E-state index in [-0.39, 0.29) is 28.3 Å². The normalized spacial score (nSPS) is 18.6. The van der Waals surface area contributed by atoms with Crippen molar-refractivity contribution in [1.82, 2.24) is 9.88 Å². The van der Waals surface area contributed by atoms with E-state index in [1.54, 1.807) is 18.2 Å². The number of nitrogens with zero attached hydrogens (tertiary/aromatic N) is 3. The number of anilines is 1. The number of aromatic nitrogens is 1. The molecule has 2 N–H and O–H groups in total. The van der Waals surface area contributed by atoms with Crippen LogP contribution in [0.5, 0.6) is 0 Å². The van der Waals surface area contributed by atoms with Crippen LogP contribution in [0, 0.1) is 35.3 Å². The van der Waals surface area contributed by atoms with Crippen molar-refractivity contribution in [2.24, 2.45) is 0 Å². The van der Waals surface area contributed by atoms with Gasteiger partial charge in [-0.1, -0.05) is 19.3 Å². The number of ether oxygens (including phenoxy) is 1. The number of nitro groups is 1. The number of hydrogen-bond acceptors (Lipinski definition) is 6. The molecule has 9 heteroatoms. The Morgan fingerprint density at radius 3 is 2.67 bits per heavy atom. The van der Waals surface area contributed by atoms with Gasteiger partial charge in [-0.25, -0.2) is 0 Å². The van der Waals surface area contributed by atoms with E-state index in [1.165, 1.54) is 6.42 Å². The second-order valence-electron chi connectivity index (χ2n) is 9.61. The first-order chi connectivity index (χ1) is 17.4. The summed E-state index contributed by atoms with van der Waals surface area (Å²) in [5, 5.41) is 27.6. The molecule has 0 unspecified atom stereocenters. The smallest absolute Gasteiger partial charge is 0.294 e. The molecule has 1 amide bonds. The summed E-state index contributed by atoms with van der Waals surface area (Å²) in [5.74, 6) is -0.438. The Morgan fingerprint density at radius 2 is 2.00 bits per heavy atom. The largest absolute Gasteiger partial charge is 0.377 e. The number of carbonyl (C=O) groups excluding carboxylic acids is 1. The Morgan fingerprint density at radius 1 is 1.22 bits per heavy atom. The molecule has 2 aromatic rings. The van der Waals surface area contributed by atoms with Crippen LogP contribution in [0.4, 0.5) is 11.4 Å². The minimum Gasteiger partial charge on any atom is -0.377 e. The highest BCUT2D eigenvalue weighted by Crippen LogP contribution is 2.32. The van der Waals surface area contributed by atoms with Gasteiger partial charge in [0.1, 0.15) is 17.3 Å². The summed E-state index contributed by atoms with van der Waals surface area (Å²) in [7, 11) is 0. The zero-order valence-electron chi connectivity index (χ0n) is 20.9. The molecule has 1 saturated heterocycles. The Balaban J connectivity index is 1.57. The average molecular weight is 492 g/mol. The number of nitriles is 1. The summed E-state index contributed by atoms with van der Waals surface area (Å²) < 4.78 is 7.43. The number of benzene rings is 1. The van der Waals surface area contributed by atoms with Crippen molar-refractivity contribution in [3.8, 4) is 11.8 Å². The minimum atomic E-state index is -0.438. The van der Waals surface area contributed by atoms with E-state index >= 15 is 0 Å². The fourth-order valence-corrected chi connectivity index (χ4v) is 5.14. The van der Waals surface area contributed by atoms with Crippen molar-refractivity contribution >= 4 is 23.4 Å². The first kappa shape index (κ1) is 25.5. The Hall–Kier alpha value is -3.64. The Kier molecular flexibility index (Phi) is 8.06. The lowest BCUT2D eigenvalue weighted by Crippen LogP contribution is -2.32. The molecule has 36 heavy (non-hydrogen) atoms. The maximum absolute atomic E-state index is 12.6. The lowest BCUT2D eigenvalue weighted by atomic mass is 9.95. The Labute approximate surface area is 211 Å². The number of aryl methyl sites for hydroxylation is 1. The molecule has 1 saturated carbocycles. The van der Waals surface area contributed by atoms with Gasteiger partial charge in [0, 0.05) is 36.6 Å². The topological polar surface area (TPSA) is 122 Å². The van der Waals surface area contributed by atoms with Gasteiger partial charge in [0.25, 0.3) is 11.6 Å². The van der Waals surface area contributed by atoms with Gasteiger partial charge in [0.15, 0.2) is 0 Å². The summed E-state index contributed by atoms with van der Waals surface area (Å²) in [6.45, 7) is 4.84. The summed E-state index contributed by atoms with van der Waals surface area (Å²) in [6, 6.07) is 9.34. The molecular weight excluding hydrogens is 458 g/mol. The molecule has 1 aliphatic heterocycles. The van der Waals surface area contributed by atoms with Crippen molar-refractivity contribution in [1.29, 1.82) is 5.26 Å². The average Bonchev–Trinajstić information content (AvgIpc) is 3.49. The highest BCUT2D eigenvalue weighted by molar-refractivity contribution is 6.01. The maximum atomic E-state index is 12.6. The van der Waals surface area contributed by atoms with Gasteiger partial charge in [-0.3, -0.25) is 14.9 Å². The molecule has 1 aromatic carbocycles. The molecular formula is C27H33N5O4. The zero-order valence-corrected chi connectivity index (χ0v) is 20.9. The Bertz CT molecular complexity index is 1200. The second kappa shape index (κ2) is 11.4. The monoisotopic (exact) mass is 491 g/mol. The van der Waals surface area contributed by atoms with E-state index in [0.29, 0.717) is 30.1 Å². The van der Waals surface area contributed by atoms with E-state index in [4.69, 9.17) is 4.74 Å². The molecule has 0 radical (unpaired) electrons. The summed E-state index contributed by atoms with van der Waals surface area (Å²) in [5.41, 5.74) is 3.58. The first-order valence-corrected chi connectivity index (χ1v) is 12.6. The van der Waals surface area contributed by atoms with E-state index in [9.17, 15) is 20.2 Å². The second-order valence-corrected chi connectivity index (χ2v) is 9.61. The molecule has 1 aliphatic carbocycles. The highest BCUT2D eigenvalue weighted by Gasteiger charge is 2.22. The third kappa shape index (κ3) is 5.77. The summed E-state index contributed by atoms with van der Waals surface area (Å²) >= 11 is 0. The SMILES string of the molecule is Cc1cc(/C=C(\C#N)C(=O)NC[C@@H]2CCCO2)c(C)n1-c1ccc(NC2CCCCC2)c([N+](=O)[O-])c1. The minimum absolute atomic E-state index is 0.00579. The molecule has 4 rings (SSSR count). The number of amides is 1. The van der Waals surface area contributed by atoms with Gasteiger partial charge in [-0.15, -0.1) is 0 Å². The van der Waals surface area contributed by atoms with Crippen molar-refractivity contribution in [2.45, 2.75) is 70.9 Å². The lowest BCUT2D eigenvalue weighted by Gasteiger charge is -2.24. The fraction of sp³-hybridized carbons (Fsp3) is 0.481. The standard InChI is InChI=1S/C27H33N5O4/c1-18-13-20(14-21(16-28)27(33)29-17-24-9-6-12-36-24)19(2)31(18)23-10-11-25(26(15-23)32(34)35)30-22-7-4-3-5-8-22/h10-11,13-15,22,24,30H,3-9,12,17H2,1-2H3,(H,29,33)/b21-14+/t24-/m0/s1. The molecule has 0 bridgehead atoms. The van der Waals surface area contributed by atoms with Crippen LogP contribution in [0.3, 0.4) is 0 Å². The van der Waals surface area contributed by atoms with Crippen LogP contribution >= 0.6 is 0 Å². The number of carbonyl (C=O) groups is 1. The van der Waals surface area contributed by atoms with Crippen molar-refractivity contribution < 1.29 is 14.5 Å². The molecule has 2 fully saturated rings. The number of nitro benzene ring substituents is 1. The van der Waals surface area contributed by atoms with E-state index in [1.807, 2.05) is 36.6 Å². The van der Waals surface area contributed by atoms with Gasteiger partial charge >= 0.3 is 0 Å². The van der Waals surface area contributed by atoms with Crippen LogP contribution in [-0.4, -0.2) is 40.7 Å². The fourth-order valence-electron chi connectivity index (χ4n) is 5.14. The van der Waals surface area contributed by atoms with Crippen molar-refractivity contribution in [3.63, 3.8) is 0 Å². The quantitative estimate of drug-likeness (QED) is 0.233. The van der Waals surface area contributed by atoms with E-state index < -0.39 is 5.91 Å². The third-order valence-electron chi connectivity index (χ3n) is 7.05. The number of nitrogens with one attached hydrogen (secondary N) is 2. The third-order valence-corrected chi connectivity index (χ3v) is 7.05. The first-order valence-electron chi connectivity index (χ1n) is 12.6. The zero-order chi connectivity index (χ0) is 25.7. The molecule has 1 aromatic heterocycles. The van der Waals surface area contributed by atoms with Crippen LogP contribution in [0.25, 0.3) is 11.8 Å². The molecule has 2 heterocycles. The molecule has 2 aliphatic rings. The summed E-state index contributed by atoms with van der Waals surface area (Å²) in [4.78, 5) is 24.1. The van der Waals surface area contributed by atoms with Crippen LogP contribution in [0.1, 0.15) is 61.9 Å². The van der Waals surface area contributed by atoms with Crippen molar-refractivity contribution in [3.05, 3.63) is 56.9 Å². The van der Waals surface area contributed by atoms with Crippen LogP contribution in [-0.2, 0) is 9.53 Å². The molecule has 1 atom stereocenters. The molecule has 190 valence electrons. The van der Waals surface area contributed by atoms with Gasteiger partial charge in [0.05, 0.1) is 16.7 Å². The highest BCUT2D eigenvalue weighted by atomic mass is 16.6. The van der Waals surface area contributed by atoms with Crippen molar-refractivity contribution in [2.75, 3.05) is 18.5 Å². The van der Waals surface area contributed by atoms with Gasteiger partial charge in [-0.05, 0) is 69.4 Å². The summed E-state index contributed by atoms with van der Waals surface area (Å²) in [6.07, 6.45) is 8.96. The van der Waals surface area contributed by atoms with Gasteiger partial charge in [0.2, 0.25) is 0 Å². The van der Waals surface area contributed by atoms with Crippen LogP contribution in [0.15, 0.2) is 29.8 Å². The van der Waals surface area contributed by atoms with Gasteiger partial charge in [-0.2, -0.15) is 5.26 Å². The maximum Gasteiger partial charge on any atom is 0.294 e. The number of rotatable bonds is 8. The molecule has 0 spiro atoms. The van der Waals surface area contributed by atoms with Crippen LogP contribution in [0.2, 0.25) is 0 Å².